The van der Waals surface area contributed by atoms with Crippen molar-refractivity contribution >= 4 is 5.91 Å². The normalized spacial score (nSPS) is 28.0. The molecule has 3 rings (SSSR count). The number of aliphatic hydroxyl groups is 1. The Balaban J connectivity index is 1.42. The molecule has 25 heavy (non-hydrogen) atoms. The number of amides is 1. The van der Waals surface area contributed by atoms with E-state index in [1.165, 1.54) is 5.56 Å². The molecule has 0 bridgehead atoms. The third-order valence-electron chi connectivity index (χ3n) is 4.78. The first kappa shape index (κ1) is 18.2. The van der Waals surface area contributed by atoms with E-state index in [1.54, 1.807) is 0 Å². The van der Waals surface area contributed by atoms with E-state index in [-0.39, 0.29) is 30.8 Å². The maximum absolute atomic E-state index is 12.2. The summed E-state index contributed by atoms with van der Waals surface area (Å²) in [6.07, 6.45) is 0.968. The molecule has 2 aliphatic heterocycles. The standard InChI is InChI=1S/C19H27NO5/c1-3-23-16-8-7-13(9-12(16)2)5-4-6-17(22)20-14-10-24-19-15(21)11-25-18(14)19/h7-9,14-15,18-19,21H,3-6,10-11H2,1-2H3,(H,20,22)/t14-,15+,18+,19+/m0/s1. The van der Waals surface area contributed by atoms with Gasteiger partial charge in [0.2, 0.25) is 5.91 Å². The van der Waals surface area contributed by atoms with Crippen molar-refractivity contribution in [3.05, 3.63) is 29.3 Å². The van der Waals surface area contributed by atoms with Crippen molar-refractivity contribution in [1.29, 1.82) is 0 Å². The topological polar surface area (TPSA) is 77.0 Å². The number of carbonyl (C=O) groups is 1. The van der Waals surface area contributed by atoms with Crippen LogP contribution in [0.25, 0.3) is 0 Å². The lowest BCUT2D eigenvalue weighted by molar-refractivity contribution is -0.122. The molecule has 0 aromatic heterocycles. The quantitative estimate of drug-likeness (QED) is 0.777. The summed E-state index contributed by atoms with van der Waals surface area (Å²) in [5, 5.41) is 12.7. The average molecular weight is 349 g/mol. The highest BCUT2D eigenvalue weighted by atomic mass is 16.6. The Morgan fingerprint density at radius 3 is 2.88 bits per heavy atom. The largest absolute Gasteiger partial charge is 0.494 e. The first-order chi connectivity index (χ1) is 12.1. The summed E-state index contributed by atoms with van der Waals surface area (Å²) in [6, 6.07) is 6.00. The van der Waals surface area contributed by atoms with E-state index in [4.69, 9.17) is 14.2 Å². The van der Waals surface area contributed by atoms with Crippen LogP contribution in [0.4, 0.5) is 0 Å². The fourth-order valence-electron chi connectivity index (χ4n) is 3.52. The highest BCUT2D eigenvalue weighted by Gasteiger charge is 2.47. The molecule has 0 aliphatic carbocycles. The smallest absolute Gasteiger partial charge is 0.220 e. The Hall–Kier alpha value is -1.63. The predicted molar refractivity (Wildman–Crippen MR) is 92.7 cm³/mol. The van der Waals surface area contributed by atoms with Crippen LogP contribution in [0, 0.1) is 6.92 Å². The van der Waals surface area contributed by atoms with Crippen molar-refractivity contribution < 1.29 is 24.1 Å². The number of benzene rings is 1. The summed E-state index contributed by atoms with van der Waals surface area (Å²) in [5.74, 6) is 0.917. The molecule has 0 saturated carbocycles. The van der Waals surface area contributed by atoms with Gasteiger partial charge in [-0.2, -0.15) is 0 Å². The highest BCUT2D eigenvalue weighted by Crippen LogP contribution is 2.27. The zero-order valence-electron chi connectivity index (χ0n) is 14.9. The van der Waals surface area contributed by atoms with E-state index in [1.807, 2.05) is 19.9 Å². The lowest BCUT2D eigenvalue weighted by Gasteiger charge is -2.17. The molecule has 2 N–H and O–H groups in total. The van der Waals surface area contributed by atoms with Gasteiger partial charge in [-0.15, -0.1) is 0 Å². The van der Waals surface area contributed by atoms with E-state index in [0.717, 1.165) is 24.2 Å². The van der Waals surface area contributed by atoms with Crippen LogP contribution in [-0.4, -0.2) is 55.2 Å². The lowest BCUT2D eigenvalue weighted by Crippen LogP contribution is -2.44. The van der Waals surface area contributed by atoms with Gasteiger partial charge in [0.15, 0.2) is 0 Å². The summed E-state index contributed by atoms with van der Waals surface area (Å²) in [4.78, 5) is 12.2. The van der Waals surface area contributed by atoms with Crippen LogP contribution in [0.2, 0.25) is 0 Å². The van der Waals surface area contributed by atoms with Crippen molar-refractivity contribution in [2.75, 3.05) is 19.8 Å². The molecule has 2 fully saturated rings. The lowest BCUT2D eigenvalue weighted by atomic mass is 10.0. The number of nitrogens with one attached hydrogen (secondary N) is 1. The van der Waals surface area contributed by atoms with Gasteiger partial charge in [-0.25, -0.2) is 0 Å². The molecule has 6 nitrogen and oxygen atoms in total. The minimum atomic E-state index is -0.588. The second-order valence-corrected chi connectivity index (χ2v) is 6.72. The molecule has 2 heterocycles. The fraction of sp³-hybridized carbons (Fsp3) is 0.632. The molecule has 138 valence electrons. The Kier molecular flexibility index (Phi) is 5.93. The molecular weight excluding hydrogens is 322 g/mol. The van der Waals surface area contributed by atoms with Crippen molar-refractivity contribution in [2.45, 2.75) is 57.5 Å². The Morgan fingerprint density at radius 1 is 1.32 bits per heavy atom. The summed E-state index contributed by atoms with van der Waals surface area (Å²) >= 11 is 0. The van der Waals surface area contributed by atoms with Crippen LogP contribution >= 0.6 is 0 Å². The van der Waals surface area contributed by atoms with Crippen LogP contribution in [0.1, 0.15) is 30.9 Å². The number of hydrogen-bond donors (Lipinski definition) is 2. The maximum atomic E-state index is 12.2. The van der Waals surface area contributed by atoms with Gasteiger partial charge in [-0.3, -0.25) is 4.79 Å². The Bertz CT molecular complexity index is 605. The molecule has 4 atom stereocenters. The summed E-state index contributed by atoms with van der Waals surface area (Å²) < 4.78 is 16.6. The summed E-state index contributed by atoms with van der Waals surface area (Å²) in [7, 11) is 0. The van der Waals surface area contributed by atoms with Crippen LogP contribution in [0.15, 0.2) is 18.2 Å². The molecule has 2 aliphatic rings. The zero-order chi connectivity index (χ0) is 17.8. The van der Waals surface area contributed by atoms with E-state index in [9.17, 15) is 9.90 Å². The summed E-state index contributed by atoms with van der Waals surface area (Å²) in [5.41, 5.74) is 2.33. The Labute approximate surface area is 148 Å². The molecule has 0 radical (unpaired) electrons. The SMILES string of the molecule is CCOc1ccc(CCCC(=O)N[C@H]2CO[C@H]3[C@@H]2OC[C@H]3O)cc1C. The molecule has 1 aromatic carbocycles. The molecule has 1 aromatic rings. The fourth-order valence-corrected chi connectivity index (χ4v) is 3.52. The third kappa shape index (κ3) is 4.32. The number of carbonyl (C=O) groups excluding carboxylic acids is 1. The molecule has 0 spiro atoms. The second kappa shape index (κ2) is 8.17. The number of aryl methyl sites for hydroxylation is 2. The highest BCUT2D eigenvalue weighted by molar-refractivity contribution is 5.76. The average Bonchev–Trinajstić information content (AvgIpc) is 3.14. The van der Waals surface area contributed by atoms with E-state index in [2.05, 4.69) is 17.4 Å². The van der Waals surface area contributed by atoms with Crippen molar-refractivity contribution in [2.24, 2.45) is 0 Å². The second-order valence-electron chi connectivity index (χ2n) is 6.72. The Morgan fingerprint density at radius 2 is 2.12 bits per heavy atom. The van der Waals surface area contributed by atoms with Gasteiger partial charge in [0.05, 0.1) is 25.9 Å². The molecule has 6 heteroatoms. The third-order valence-corrected chi connectivity index (χ3v) is 4.78. The zero-order valence-corrected chi connectivity index (χ0v) is 14.9. The number of rotatable bonds is 7. The number of fused-ring (bicyclic) bond motifs is 1. The van der Waals surface area contributed by atoms with Crippen molar-refractivity contribution in [3.8, 4) is 5.75 Å². The molecule has 0 unspecified atom stereocenters. The molecule has 2 saturated heterocycles. The minimum absolute atomic E-state index is 0.00176. The monoisotopic (exact) mass is 349 g/mol. The predicted octanol–water partition coefficient (Wildman–Crippen LogP) is 1.36. The van der Waals surface area contributed by atoms with E-state index in [0.29, 0.717) is 19.6 Å². The summed E-state index contributed by atoms with van der Waals surface area (Å²) in [6.45, 7) is 5.34. The minimum Gasteiger partial charge on any atom is -0.494 e. The number of ether oxygens (including phenoxy) is 3. The number of aliphatic hydroxyl groups excluding tert-OH is 1. The van der Waals surface area contributed by atoms with Crippen LogP contribution < -0.4 is 10.1 Å². The van der Waals surface area contributed by atoms with Gasteiger partial charge in [0, 0.05) is 6.42 Å². The first-order valence-electron chi connectivity index (χ1n) is 9.01. The van der Waals surface area contributed by atoms with Crippen molar-refractivity contribution in [1.82, 2.24) is 5.32 Å². The van der Waals surface area contributed by atoms with Gasteiger partial charge in [0.1, 0.15) is 24.1 Å². The maximum Gasteiger partial charge on any atom is 0.220 e. The van der Waals surface area contributed by atoms with Crippen LogP contribution in [0.5, 0.6) is 5.75 Å². The number of hydrogen-bond acceptors (Lipinski definition) is 5. The van der Waals surface area contributed by atoms with Gasteiger partial charge < -0.3 is 24.6 Å². The van der Waals surface area contributed by atoms with E-state index >= 15 is 0 Å². The van der Waals surface area contributed by atoms with Gasteiger partial charge in [0.25, 0.3) is 0 Å². The van der Waals surface area contributed by atoms with Gasteiger partial charge in [-0.05, 0) is 43.9 Å². The van der Waals surface area contributed by atoms with Gasteiger partial charge in [-0.1, -0.05) is 12.1 Å². The van der Waals surface area contributed by atoms with Crippen molar-refractivity contribution in [3.63, 3.8) is 0 Å². The molecule has 1 amide bonds. The molecular formula is C19H27NO5. The van der Waals surface area contributed by atoms with Crippen LogP contribution in [-0.2, 0) is 20.7 Å². The van der Waals surface area contributed by atoms with Gasteiger partial charge >= 0.3 is 0 Å². The first-order valence-corrected chi connectivity index (χ1v) is 9.01. The van der Waals surface area contributed by atoms with E-state index < -0.39 is 6.10 Å². The van der Waals surface area contributed by atoms with Crippen LogP contribution in [0.3, 0.4) is 0 Å².